The van der Waals surface area contributed by atoms with Crippen molar-refractivity contribution >= 4 is 0 Å². The summed E-state index contributed by atoms with van der Waals surface area (Å²) < 4.78 is 0. The lowest BCUT2D eigenvalue weighted by molar-refractivity contribution is -0.0887. The molecule has 2 aliphatic rings. The molecule has 1 atom stereocenters. The normalized spacial score (nSPS) is 38.2. The fraction of sp³-hybridized carbons (Fsp3) is 0.833. The van der Waals surface area contributed by atoms with E-state index in [0.29, 0.717) is 0 Å². The van der Waals surface area contributed by atoms with Crippen molar-refractivity contribution in [1.82, 2.24) is 5.06 Å². The van der Waals surface area contributed by atoms with E-state index >= 15 is 0 Å². The zero-order chi connectivity index (χ0) is 5.40. The predicted octanol–water partition coefficient (Wildman–Crippen LogP) is 0.948. The number of rotatable bonds is 0. The molecule has 0 spiro atoms. The SMILES string of the molecule is [CH]1CC2CCCN2O1. The second kappa shape index (κ2) is 1.71. The molecule has 0 aromatic heterocycles. The van der Waals surface area contributed by atoms with Gasteiger partial charge in [-0.25, -0.2) is 0 Å². The zero-order valence-electron chi connectivity index (χ0n) is 4.84. The topological polar surface area (TPSA) is 12.5 Å². The molecule has 0 bridgehead atoms. The summed E-state index contributed by atoms with van der Waals surface area (Å²) in [6.07, 6.45) is 3.79. The molecule has 1 unspecified atom stereocenters. The van der Waals surface area contributed by atoms with Gasteiger partial charge in [-0.1, -0.05) is 0 Å². The quantitative estimate of drug-likeness (QED) is 0.462. The van der Waals surface area contributed by atoms with E-state index in [1.807, 2.05) is 6.61 Å². The van der Waals surface area contributed by atoms with Crippen LogP contribution in [0.15, 0.2) is 0 Å². The summed E-state index contributed by atoms with van der Waals surface area (Å²) in [6, 6.07) is 0.731. The van der Waals surface area contributed by atoms with Crippen molar-refractivity contribution in [2.45, 2.75) is 25.3 Å². The number of hydroxylamine groups is 2. The summed E-state index contributed by atoms with van der Waals surface area (Å²) >= 11 is 0. The minimum absolute atomic E-state index is 0.731. The summed E-state index contributed by atoms with van der Waals surface area (Å²) in [4.78, 5) is 5.19. The van der Waals surface area contributed by atoms with Gasteiger partial charge in [0.15, 0.2) is 0 Å². The highest BCUT2D eigenvalue weighted by Gasteiger charge is 2.30. The summed E-state index contributed by atoms with van der Waals surface area (Å²) in [5, 5.41) is 2.08. The van der Waals surface area contributed by atoms with Gasteiger partial charge in [-0.15, -0.1) is 0 Å². The van der Waals surface area contributed by atoms with Crippen molar-refractivity contribution in [3.63, 3.8) is 0 Å². The van der Waals surface area contributed by atoms with Crippen molar-refractivity contribution in [2.75, 3.05) is 6.54 Å². The Morgan fingerprint density at radius 3 is 3.50 bits per heavy atom. The Morgan fingerprint density at radius 2 is 2.62 bits per heavy atom. The molecule has 0 aromatic rings. The molecular formula is C6H10NO. The third-order valence-electron chi connectivity index (χ3n) is 1.90. The molecule has 2 heteroatoms. The minimum Gasteiger partial charge on any atom is -0.293 e. The molecule has 0 aromatic carbocycles. The fourth-order valence-electron chi connectivity index (χ4n) is 1.43. The second-order valence-electron chi connectivity index (χ2n) is 2.44. The highest BCUT2D eigenvalue weighted by Crippen LogP contribution is 2.27. The van der Waals surface area contributed by atoms with Crippen LogP contribution in [0, 0.1) is 6.61 Å². The molecule has 2 aliphatic heterocycles. The van der Waals surface area contributed by atoms with Crippen molar-refractivity contribution in [3.8, 4) is 0 Å². The van der Waals surface area contributed by atoms with Crippen LogP contribution in [0.1, 0.15) is 19.3 Å². The number of nitrogens with zero attached hydrogens (tertiary/aromatic N) is 1. The molecule has 2 rings (SSSR count). The van der Waals surface area contributed by atoms with E-state index in [9.17, 15) is 0 Å². The molecule has 45 valence electrons. The lowest BCUT2D eigenvalue weighted by Gasteiger charge is -2.10. The van der Waals surface area contributed by atoms with Gasteiger partial charge in [-0.2, -0.15) is 5.06 Å². The maximum atomic E-state index is 5.19. The van der Waals surface area contributed by atoms with E-state index in [2.05, 4.69) is 5.06 Å². The lowest BCUT2D eigenvalue weighted by atomic mass is 10.2. The molecular weight excluding hydrogens is 102 g/mol. The summed E-state index contributed by atoms with van der Waals surface area (Å²) in [6.45, 7) is 3.05. The highest BCUT2D eigenvalue weighted by atomic mass is 16.7. The van der Waals surface area contributed by atoms with Gasteiger partial charge in [0.1, 0.15) is 6.61 Å². The average molecular weight is 112 g/mol. The van der Waals surface area contributed by atoms with Crippen LogP contribution in [0.2, 0.25) is 0 Å². The predicted molar refractivity (Wildman–Crippen MR) is 29.7 cm³/mol. The van der Waals surface area contributed by atoms with E-state index in [0.717, 1.165) is 19.0 Å². The first-order valence-corrected chi connectivity index (χ1v) is 3.22. The Balaban J connectivity index is 2.04. The third-order valence-corrected chi connectivity index (χ3v) is 1.90. The van der Waals surface area contributed by atoms with Gasteiger partial charge in [0.2, 0.25) is 0 Å². The van der Waals surface area contributed by atoms with Crippen molar-refractivity contribution in [2.24, 2.45) is 0 Å². The summed E-state index contributed by atoms with van der Waals surface area (Å²) in [7, 11) is 0. The summed E-state index contributed by atoms with van der Waals surface area (Å²) in [5.74, 6) is 0. The molecule has 8 heavy (non-hydrogen) atoms. The molecule has 0 aliphatic carbocycles. The van der Waals surface area contributed by atoms with Gasteiger partial charge >= 0.3 is 0 Å². The molecule has 2 fully saturated rings. The summed E-state index contributed by atoms with van der Waals surface area (Å²) in [5.41, 5.74) is 0. The Hall–Kier alpha value is -0.0800. The van der Waals surface area contributed by atoms with Gasteiger partial charge in [-0.3, -0.25) is 4.84 Å². The first kappa shape index (κ1) is 4.77. The number of hydrogen-bond donors (Lipinski definition) is 0. The van der Waals surface area contributed by atoms with E-state index in [4.69, 9.17) is 4.84 Å². The van der Waals surface area contributed by atoms with Crippen LogP contribution in [0.5, 0.6) is 0 Å². The largest absolute Gasteiger partial charge is 0.293 e. The fourth-order valence-corrected chi connectivity index (χ4v) is 1.43. The zero-order valence-corrected chi connectivity index (χ0v) is 4.84. The van der Waals surface area contributed by atoms with E-state index < -0.39 is 0 Å². The van der Waals surface area contributed by atoms with Gasteiger partial charge in [0.05, 0.1) is 0 Å². The third kappa shape index (κ3) is 0.565. The Labute approximate surface area is 49.4 Å². The smallest absolute Gasteiger partial charge is 0.109 e. The number of fused-ring (bicyclic) bond motifs is 1. The van der Waals surface area contributed by atoms with Crippen molar-refractivity contribution in [1.29, 1.82) is 0 Å². The van der Waals surface area contributed by atoms with Crippen LogP contribution in [0.4, 0.5) is 0 Å². The lowest BCUT2D eigenvalue weighted by Crippen LogP contribution is -2.19. The van der Waals surface area contributed by atoms with Crippen molar-refractivity contribution in [3.05, 3.63) is 6.61 Å². The van der Waals surface area contributed by atoms with Gasteiger partial charge < -0.3 is 0 Å². The van der Waals surface area contributed by atoms with Gasteiger partial charge in [0, 0.05) is 12.6 Å². The van der Waals surface area contributed by atoms with Crippen LogP contribution >= 0.6 is 0 Å². The van der Waals surface area contributed by atoms with Crippen LogP contribution in [0.25, 0.3) is 0 Å². The van der Waals surface area contributed by atoms with Crippen LogP contribution in [-0.4, -0.2) is 17.6 Å². The minimum atomic E-state index is 0.731. The molecule has 0 saturated carbocycles. The Morgan fingerprint density at radius 1 is 1.62 bits per heavy atom. The van der Waals surface area contributed by atoms with E-state index in [1.54, 1.807) is 0 Å². The molecule has 2 heterocycles. The van der Waals surface area contributed by atoms with Crippen LogP contribution < -0.4 is 0 Å². The molecule has 0 N–H and O–H groups in total. The monoisotopic (exact) mass is 112 g/mol. The first-order chi connectivity index (χ1) is 3.97. The molecule has 0 amide bonds. The maximum Gasteiger partial charge on any atom is 0.109 e. The number of hydrogen-bond acceptors (Lipinski definition) is 2. The van der Waals surface area contributed by atoms with E-state index in [1.165, 1.54) is 12.8 Å². The molecule has 1 radical (unpaired) electrons. The standard InChI is InChI=1S/C6H10NO/c1-2-6-3-5-8-7(6)4-1/h5-6H,1-4H2. The van der Waals surface area contributed by atoms with Gasteiger partial charge in [-0.05, 0) is 19.3 Å². The molecule has 2 saturated heterocycles. The Bertz CT molecular complexity index is 74.5. The Kier molecular flexibility index (Phi) is 1.02. The highest BCUT2D eigenvalue weighted by molar-refractivity contribution is 4.81. The molecule has 2 nitrogen and oxygen atoms in total. The van der Waals surface area contributed by atoms with Crippen LogP contribution in [-0.2, 0) is 4.84 Å². The van der Waals surface area contributed by atoms with Gasteiger partial charge in [0.25, 0.3) is 0 Å². The first-order valence-electron chi connectivity index (χ1n) is 3.22. The van der Waals surface area contributed by atoms with E-state index in [-0.39, 0.29) is 0 Å². The maximum absolute atomic E-state index is 5.19. The van der Waals surface area contributed by atoms with Crippen LogP contribution in [0.3, 0.4) is 0 Å². The average Bonchev–Trinajstić information content (AvgIpc) is 2.15. The van der Waals surface area contributed by atoms with Crippen molar-refractivity contribution < 1.29 is 4.84 Å². The second-order valence-corrected chi connectivity index (χ2v) is 2.44.